The summed E-state index contributed by atoms with van der Waals surface area (Å²) in [5, 5.41) is 1.25. The van der Waals surface area contributed by atoms with Gasteiger partial charge in [0, 0.05) is 30.8 Å². The molecule has 0 bridgehead atoms. The quantitative estimate of drug-likeness (QED) is 0.552. The van der Waals surface area contributed by atoms with Crippen molar-refractivity contribution in [1.29, 1.82) is 0 Å². The summed E-state index contributed by atoms with van der Waals surface area (Å²) >= 11 is 0. The van der Waals surface area contributed by atoms with E-state index < -0.39 is 14.3 Å². The third-order valence-corrected chi connectivity index (χ3v) is 3.33. The van der Waals surface area contributed by atoms with Crippen molar-refractivity contribution >= 4 is 19.7 Å². The van der Waals surface area contributed by atoms with E-state index in [0.29, 0.717) is 13.1 Å². The lowest BCUT2D eigenvalue weighted by Crippen LogP contribution is -2.25. The van der Waals surface area contributed by atoms with Crippen molar-refractivity contribution in [2.75, 3.05) is 20.1 Å². The fourth-order valence-electron chi connectivity index (χ4n) is 0.881. The van der Waals surface area contributed by atoms with Gasteiger partial charge in [-0.05, 0) is 0 Å². The summed E-state index contributed by atoms with van der Waals surface area (Å²) in [4.78, 5) is 0. The topological polar surface area (TPSA) is 49.4 Å². The Balaban J connectivity index is 2.62. The second-order valence-electron chi connectivity index (χ2n) is 2.34. The molecule has 1 fully saturated rings. The van der Waals surface area contributed by atoms with Gasteiger partial charge in [0.05, 0.1) is 0 Å². The Hall–Kier alpha value is 0.160. The van der Waals surface area contributed by atoms with Crippen LogP contribution in [0.2, 0.25) is 0 Å². The van der Waals surface area contributed by atoms with E-state index >= 15 is 0 Å². The predicted molar refractivity (Wildman–Crippen MR) is 39.2 cm³/mol. The lowest BCUT2D eigenvalue weighted by Gasteiger charge is -2.04. The van der Waals surface area contributed by atoms with E-state index in [1.54, 1.807) is 12.1 Å². The van der Waals surface area contributed by atoms with Crippen LogP contribution in [0, 0.1) is 0 Å². The molecule has 0 aromatic carbocycles. The van der Waals surface area contributed by atoms with Gasteiger partial charge in [0.15, 0.2) is 0 Å². The van der Waals surface area contributed by atoms with E-state index in [0.717, 1.165) is 0 Å². The molecule has 1 aliphatic rings. The van der Waals surface area contributed by atoms with Crippen molar-refractivity contribution in [2.24, 2.45) is 0 Å². The van der Waals surface area contributed by atoms with Crippen LogP contribution in [0.3, 0.4) is 0 Å². The summed E-state index contributed by atoms with van der Waals surface area (Å²) in [6.07, 6.45) is 0. The van der Waals surface area contributed by atoms with Gasteiger partial charge in [-0.3, -0.25) is 5.43 Å². The Kier molecular flexibility index (Phi) is 2.19. The molecule has 0 saturated carbocycles. The maximum Gasteiger partial charge on any atom is 0.238 e. The number of nitrogens with one attached hydrogen (secondary N) is 1. The van der Waals surface area contributed by atoms with E-state index in [-0.39, 0.29) is 0 Å². The molecule has 0 amide bonds. The van der Waals surface area contributed by atoms with Gasteiger partial charge in [-0.1, -0.05) is 0 Å². The number of nitrogens with zero attached hydrogens (tertiary/aromatic N) is 1. The molecule has 6 heteroatoms. The summed E-state index contributed by atoms with van der Waals surface area (Å²) < 4.78 is 21.4. The lowest BCUT2D eigenvalue weighted by molar-refractivity contribution is 0.316. The molecular formula is C4H9ClN2O2S. The number of hydrogen-bond donors (Lipinski definition) is 1. The van der Waals surface area contributed by atoms with Crippen LogP contribution < -0.4 is 5.43 Å². The smallest absolute Gasteiger partial charge is 0.238 e. The molecule has 0 spiro atoms. The zero-order chi connectivity index (χ0) is 7.78. The molecule has 0 aliphatic carbocycles. The van der Waals surface area contributed by atoms with Crippen LogP contribution in [-0.2, 0) is 9.05 Å². The first-order chi connectivity index (χ1) is 4.50. The zero-order valence-corrected chi connectivity index (χ0v) is 7.11. The summed E-state index contributed by atoms with van der Waals surface area (Å²) in [5.41, 5.74) is 2.85. The highest BCUT2D eigenvalue weighted by molar-refractivity contribution is 8.14. The van der Waals surface area contributed by atoms with Crippen molar-refractivity contribution in [3.8, 4) is 0 Å². The Morgan fingerprint density at radius 2 is 2.30 bits per heavy atom. The average molecular weight is 185 g/mol. The molecule has 0 aromatic rings. The summed E-state index contributed by atoms with van der Waals surface area (Å²) in [5.74, 6) is 0. The van der Waals surface area contributed by atoms with Gasteiger partial charge in [-0.15, -0.1) is 0 Å². The van der Waals surface area contributed by atoms with E-state index in [1.807, 2.05) is 0 Å². The fraction of sp³-hybridized carbons (Fsp3) is 1.00. The minimum Gasteiger partial charge on any atom is -0.254 e. The second-order valence-corrected chi connectivity index (χ2v) is 5.25. The highest BCUT2D eigenvalue weighted by Gasteiger charge is 2.29. The molecule has 60 valence electrons. The van der Waals surface area contributed by atoms with E-state index in [4.69, 9.17) is 10.7 Å². The van der Waals surface area contributed by atoms with E-state index in [2.05, 4.69) is 5.43 Å². The molecule has 1 unspecified atom stereocenters. The number of hydrogen-bond acceptors (Lipinski definition) is 4. The molecule has 1 N–H and O–H groups in total. The molecule has 1 rings (SSSR count). The van der Waals surface area contributed by atoms with Gasteiger partial charge < -0.3 is 0 Å². The van der Waals surface area contributed by atoms with Crippen molar-refractivity contribution in [2.45, 2.75) is 5.25 Å². The first-order valence-corrected chi connectivity index (χ1v) is 5.25. The normalized spacial score (nSPS) is 29.2. The predicted octanol–water partition coefficient (Wildman–Crippen LogP) is -0.626. The Morgan fingerprint density at radius 3 is 2.50 bits per heavy atom. The van der Waals surface area contributed by atoms with Crippen LogP contribution >= 0.6 is 10.7 Å². The first kappa shape index (κ1) is 8.26. The third kappa shape index (κ3) is 1.82. The molecule has 1 heterocycles. The lowest BCUT2D eigenvalue weighted by atomic mass is 10.5. The number of halogens is 1. The molecule has 1 aliphatic heterocycles. The fourth-order valence-corrected chi connectivity index (χ4v) is 1.91. The van der Waals surface area contributed by atoms with Crippen LogP contribution in [-0.4, -0.2) is 38.8 Å². The standard InChI is InChI=1S/C4H9ClN2O2S/c1-7-3-4(2-6-7)10(5,8)9/h4,6H,2-3H2,1H3. The molecular weight excluding hydrogens is 176 g/mol. The third-order valence-electron chi connectivity index (χ3n) is 1.46. The minimum absolute atomic E-state index is 0.419. The number of hydrazine groups is 1. The molecule has 0 radical (unpaired) electrons. The summed E-state index contributed by atoms with van der Waals surface area (Å²) in [7, 11) is 3.52. The van der Waals surface area contributed by atoms with Gasteiger partial charge in [0.1, 0.15) is 5.25 Å². The Bertz CT molecular complexity index is 215. The highest BCUT2D eigenvalue weighted by Crippen LogP contribution is 2.10. The average Bonchev–Trinajstić information content (AvgIpc) is 2.11. The van der Waals surface area contributed by atoms with Crippen molar-refractivity contribution in [3.05, 3.63) is 0 Å². The van der Waals surface area contributed by atoms with Crippen LogP contribution in [0.1, 0.15) is 0 Å². The highest BCUT2D eigenvalue weighted by atomic mass is 35.7. The van der Waals surface area contributed by atoms with Gasteiger partial charge in [0.25, 0.3) is 0 Å². The van der Waals surface area contributed by atoms with Crippen LogP contribution in [0.15, 0.2) is 0 Å². The largest absolute Gasteiger partial charge is 0.254 e. The van der Waals surface area contributed by atoms with E-state index in [9.17, 15) is 8.42 Å². The Labute approximate surface area is 64.5 Å². The first-order valence-electron chi connectivity index (χ1n) is 2.88. The number of rotatable bonds is 1. The monoisotopic (exact) mass is 184 g/mol. The van der Waals surface area contributed by atoms with Crippen molar-refractivity contribution < 1.29 is 8.42 Å². The van der Waals surface area contributed by atoms with Crippen molar-refractivity contribution in [1.82, 2.24) is 10.4 Å². The molecule has 4 nitrogen and oxygen atoms in total. The molecule has 0 aromatic heterocycles. The van der Waals surface area contributed by atoms with Gasteiger partial charge in [-0.2, -0.15) is 0 Å². The van der Waals surface area contributed by atoms with Crippen molar-refractivity contribution in [3.63, 3.8) is 0 Å². The van der Waals surface area contributed by atoms with E-state index in [1.165, 1.54) is 0 Å². The maximum absolute atomic E-state index is 10.7. The molecule has 10 heavy (non-hydrogen) atoms. The van der Waals surface area contributed by atoms with Crippen LogP contribution in [0.25, 0.3) is 0 Å². The second kappa shape index (κ2) is 2.65. The van der Waals surface area contributed by atoms with Crippen LogP contribution in [0.5, 0.6) is 0 Å². The van der Waals surface area contributed by atoms with Gasteiger partial charge in [0.2, 0.25) is 9.05 Å². The SMILES string of the molecule is CN1CC(S(=O)(=O)Cl)CN1. The molecule has 1 saturated heterocycles. The molecule has 1 atom stereocenters. The summed E-state index contributed by atoms with van der Waals surface area (Å²) in [6.45, 7) is 0.883. The minimum atomic E-state index is -3.37. The van der Waals surface area contributed by atoms with Crippen LogP contribution in [0.4, 0.5) is 0 Å². The maximum atomic E-state index is 10.7. The summed E-state index contributed by atoms with van der Waals surface area (Å²) in [6, 6.07) is 0. The Morgan fingerprint density at radius 1 is 1.70 bits per heavy atom. The van der Waals surface area contributed by atoms with Gasteiger partial charge in [-0.25, -0.2) is 13.4 Å². The van der Waals surface area contributed by atoms with Gasteiger partial charge >= 0.3 is 0 Å². The zero-order valence-electron chi connectivity index (χ0n) is 5.54.